The fourth-order valence-electron chi connectivity index (χ4n) is 2.66. The Morgan fingerprint density at radius 1 is 1.41 bits per heavy atom. The minimum atomic E-state index is -0.722. The van der Waals surface area contributed by atoms with Crippen LogP contribution in [0, 0.1) is 11.3 Å². The standard InChI is InChI=1S/C19H18N4O3S/c1-3-23-17(24)16(27-18(23)14(10-20)19(25)26-4-2)11-22-13-6-5-12-7-8-21-15(12)9-13/h5-9,11,21-22H,3-4H2,1-2H3. The number of carbonyl (C=O) groups excluding carboxylic acids is 1. The number of hydrogen-bond acceptors (Lipinski definition) is 6. The Kier molecular flexibility index (Phi) is 5.43. The molecule has 0 radical (unpaired) electrons. The number of thiazole rings is 1. The molecule has 0 amide bonds. The predicted molar refractivity (Wildman–Crippen MR) is 106 cm³/mol. The molecule has 27 heavy (non-hydrogen) atoms. The van der Waals surface area contributed by atoms with Gasteiger partial charge in [-0.25, -0.2) is 4.79 Å². The fourth-order valence-corrected chi connectivity index (χ4v) is 3.74. The van der Waals surface area contributed by atoms with Crippen molar-refractivity contribution in [1.82, 2.24) is 9.55 Å². The molecule has 2 aromatic heterocycles. The van der Waals surface area contributed by atoms with Gasteiger partial charge in [-0.1, -0.05) is 6.07 Å². The van der Waals surface area contributed by atoms with Gasteiger partial charge in [-0.05, 0) is 37.4 Å². The van der Waals surface area contributed by atoms with Crippen molar-refractivity contribution in [1.29, 1.82) is 5.26 Å². The summed E-state index contributed by atoms with van der Waals surface area (Å²) in [7, 11) is 0. The van der Waals surface area contributed by atoms with Crippen molar-refractivity contribution < 1.29 is 9.53 Å². The summed E-state index contributed by atoms with van der Waals surface area (Å²) in [6, 6.07) is 9.65. The molecule has 0 unspecified atom stereocenters. The quantitative estimate of drug-likeness (QED) is 0.652. The summed E-state index contributed by atoms with van der Waals surface area (Å²) < 4.78 is 7.03. The number of aromatic nitrogens is 2. The maximum absolute atomic E-state index is 12.6. The van der Waals surface area contributed by atoms with Gasteiger partial charge < -0.3 is 15.0 Å². The number of H-pyrrole nitrogens is 1. The normalized spacial score (nSPS) is 12.7. The maximum Gasteiger partial charge on any atom is 0.351 e. The monoisotopic (exact) mass is 382 g/mol. The van der Waals surface area contributed by atoms with Gasteiger partial charge in [0.15, 0.2) is 5.57 Å². The summed E-state index contributed by atoms with van der Waals surface area (Å²) in [5.74, 6) is -0.722. The number of nitriles is 1. The average molecular weight is 382 g/mol. The molecule has 0 saturated heterocycles. The zero-order chi connectivity index (χ0) is 19.4. The number of nitrogens with zero attached hydrogens (tertiary/aromatic N) is 2. The molecule has 0 aliphatic rings. The van der Waals surface area contributed by atoms with Gasteiger partial charge in [-0.2, -0.15) is 5.26 Å². The van der Waals surface area contributed by atoms with Crippen molar-refractivity contribution in [2.24, 2.45) is 0 Å². The zero-order valence-electron chi connectivity index (χ0n) is 14.9. The van der Waals surface area contributed by atoms with Crippen molar-refractivity contribution in [3.63, 3.8) is 0 Å². The van der Waals surface area contributed by atoms with Crippen LogP contribution in [0.5, 0.6) is 0 Å². The van der Waals surface area contributed by atoms with Crippen LogP contribution in [0.3, 0.4) is 0 Å². The van der Waals surface area contributed by atoms with E-state index in [4.69, 9.17) is 4.74 Å². The van der Waals surface area contributed by atoms with Crippen molar-refractivity contribution in [2.75, 3.05) is 11.9 Å². The van der Waals surface area contributed by atoms with E-state index in [0.717, 1.165) is 27.9 Å². The molecule has 2 N–H and O–H groups in total. The highest BCUT2D eigenvalue weighted by atomic mass is 32.1. The zero-order valence-corrected chi connectivity index (χ0v) is 15.7. The van der Waals surface area contributed by atoms with Crippen LogP contribution < -0.4 is 20.1 Å². The molecule has 0 aliphatic carbocycles. The Labute approximate surface area is 158 Å². The van der Waals surface area contributed by atoms with Crippen LogP contribution in [0.1, 0.15) is 13.8 Å². The number of nitrogens with one attached hydrogen (secondary N) is 2. The number of aromatic amines is 1. The van der Waals surface area contributed by atoms with Crippen LogP contribution in [0.4, 0.5) is 5.69 Å². The van der Waals surface area contributed by atoms with Crippen molar-refractivity contribution >= 4 is 45.7 Å². The van der Waals surface area contributed by atoms with Gasteiger partial charge in [-0.15, -0.1) is 11.3 Å². The number of rotatable bonds is 5. The van der Waals surface area contributed by atoms with Crippen LogP contribution in [-0.4, -0.2) is 22.1 Å². The lowest BCUT2D eigenvalue weighted by molar-refractivity contribution is -0.136. The van der Waals surface area contributed by atoms with E-state index in [1.807, 2.05) is 36.5 Å². The molecule has 0 saturated carbocycles. The molecule has 2 heterocycles. The minimum Gasteiger partial charge on any atom is -0.462 e. The molecule has 0 fully saturated rings. The summed E-state index contributed by atoms with van der Waals surface area (Å²) in [4.78, 5) is 27.8. The molecule has 3 aromatic rings. The Hall–Kier alpha value is -3.31. The number of hydrogen-bond donors (Lipinski definition) is 2. The molecular weight excluding hydrogens is 364 g/mol. The number of carbonyl (C=O) groups is 1. The van der Waals surface area contributed by atoms with Gasteiger partial charge in [0.05, 0.1) is 6.61 Å². The number of anilines is 1. The summed E-state index contributed by atoms with van der Waals surface area (Å²) in [6.45, 7) is 3.96. The van der Waals surface area contributed by atoms with Gasteiger partial charge in [-0.3, -0.25) is 9.36 Å². The second-order valence-electron chi connectivity index (χ2n) is 5.60. The largest absolute Gasteiger partial charge is 0.462 e. The van der Waals surface area contributed by atoms with Gasteiger partial charge >= 0.3 is 5.97 Å². The van der Waals surface area contributed by atoms with E-state index in [2.05, 4.69) is 10.3 Å². The van der Waals surface area contributed by atoms with E-state index < -0.39 is 5.97 Å². The molecule has 3 rings (SSSR count). The molecule has 0 spiro atoms. The first kappa shape index (κ1) is 18.5. The molecular formula is C19H18N4O3S. The van der Waals surface area contributed by atoms with E-state index in [1.165, 1.54) is 4.57 Å². The molecule has 0 aliphatic heterocycles. The lowest BCUT2D eigenvalue weighted by Crippen LogP contribution is -2.32. The molecule has 7 nitrogen and oxygen atoms in total. The van der Waals surface area contributed by atoms with Crippen LogP contribution in [-0.2, 0) is 16.1 Å². The fraction of sp³-hybridized carbons (Fsp3) is 0.211. The van der Waals surface area contributed by atoms with Gasteiger partial charge in [0, 0.05) is 30.1 Å². The SMILES string of the molecule is CCOC(=O)C(C#N)=c1sc(=CNc2ccc3cc[nH]c3c2)c(=O)n1CC. The van der Waals surface area contributed by atoms with Crippen molar-refractivity contribution in [2.45, 2.75) is 20.4 Å². The van der Waals surface area contributed by atoms with Gasteiger partial charge in [0.1, 0.15) is 15.3 Å². The summed E-state index contributed by atoms with van der Waals surface area (Å²) in [5.41, 5.74) is 1.38. The smallest absolute Gasteiger partial charge is 0.351 e. The number of ether oxygens (including phenoxy) is 1. The highest BCUT2D eigenvalue weighted by Crippen LogP contribution is 2.17. The number of esters is 1. The maximum atomic E-state index is 12.6. The van der Waals surface area contributed by atoms with Crippen molar-refractivity contribution in [3.8, 4) is 6.07 Å². The molecule has 1 aromatic carbocycles. The third-order valence-corrected chi connectivity index (χ3v) is 5.08. The van der Waals surface area contributed by atoms with Crippen LogP contribution in [0.15, 0.2) is 35.3 Å². The van der Waals surface area contributed by atoms with Gasteiger partial charge in [0.25, 0.3) is 5.56 Å². The Morgan fingerprint density at radius 3 is 2.93 bits per heavy atom. The van der Waals surface area contributed by atoms with E-state index in [9.17, 15) is 14.9 Å². The Balaban J connectivity index is 2.07. The van der Waals surface area contributed by atoms with E-state index in [1.54, 1.807) is 20.0 Å². The molecule has 8 heteroatoms. The Morgan fingerprint density at radius 2 is 2.22 bits per heavy atom. The summed E-state index contributed by atoms with van der Waals surface area (Å²) >= 11 is 1.09. The molecule has 138 valence electrons. The third kappa shape index (κ3) is 3.64. The van der Waals surface area contributed by atoms with E-state index in [0.29, 0.717) is 15.7 Å². The van der Waals surface area contributed by atoms with E-state index in [-0.39, 0.29) is 17.7 Å². The average Bonchev–Trinajstić information content (AvgIpc) is 3.25. The highest BCUT2D eigenvalue weighted by molar-refractivity contribution is 7.07. The van der Waals surface area contributed by atoms with E-state index >= 15 is 0 Å². The molecule has 0 bridgehead atoms. The first-order chi connectivity index (χ1) is 13.1. The minimum absolute atomic E-state index is 0.159. The predicted octanol–water partition coefficient (Wildman–Crippen LogP) is 1.50. The third-order valence-electron chi connectivity index (χ3n) is 3.95. The van der Waals surface area contributed by atoms with Crippen LogP contribution >= 0.6 is 11.3 Å². The lowest BCUT2D eigenvalue weighted by Gasteiger charge is -2.00. The number of benzene rings is 1. The number of fused-ring (bicyclic) bond motifs is 1. The first-order valence-electron chi connectivity index (χ1n) is 8.44. The summed E-state index contributed by atoms with van der Waals surface area (Å²) in [5, 5.41) is 13.6. The first-order valence-corrected chi connectivity index (χ1v) is 9.25. The Bertz CT molecular complexity index is 1210. The van der Waals surface area contributed by atoms with Crippen LogP contribution in [0.2, 0.25) is 0 Å². The van der Waals surface area contributed by atoms with Crippen molar-refractivity contribution in [3.05, 3.63) is 50.0 Å². The summed E-state index contributed by atoms with van der Waals surface area (Å²) in [6.07, 6.45) is 3.45. The lowest BCUT2D eigenvalue weighted by atomic mass is 10.2. The molecule has 0 atom stereocenters. The highest BCUT2D eigenvalue weighted by Gasteiger charge is 2.16. The van der Waals surface area contributed by atoms with Crippen LogP contribution in [0.25, 0.3) is 22.7 Å². The second-order valence-corrected chi connectivity index (χ2v) is 6.63. The van der Waals surface area contributed by atoms with Gasteiger partial charge in [0.2, 0.25) is 0 Å². The topological polar surface area (TPSA) is 99.9 Å². The second kappa shape index (κ2) is 7.93.